The number of nitrogens with zero attached hydrogens (tertiary/aromatic N) is 6. The molecule has 1 aliphatic carbocycles. The van der Waals surface area contributed by atoms with Crippen molar-refractivity contribution < 1.29 is 53.1 Å². The third-order valence-corrected chi connectivity index (χ3v) is 17.7. The average molecular weight is 1200 g/mol. The van der Waals surface area contributed by atoms with Crippen LogP contribution in [0, 0.1) is 5.92 Å². The smallest absolute Gasteiger partial charge is 0.247 e. The van der Waals surface area contributed by atoms with E-state index in [1.54, 1.807) is 22.4 Å². The Kier molecular flexibility index (Phi) is 21.7. The quantitative estimate of drug-likeness (QED) is 0.0342. The molecule has 0 radical (unpaired) electrons. The minimum absolute atomic E-state index is 0.00124. The van der Waals surface area contributed by atoms with Crippen LogP contribution in [0.5, 0.6) is 0 Å². The highest BCUT2D eigenvalue weighted by Gasteiger charge is 2.52. The van der Waals surface area contributed by atoms with Crippen molar-refractivity contribution in [2.24, 2.45) is 44.6 Å². The molecule has 5 aliphatic heterocycles. The van der Waals surface area contributed by atoms with Crippen molar-refractivity contribution in [1.29, 1.82) is 0 Å². The Morgan fingerprint density at radius 2 is 1.51 bits per heavy atom. The molecule has 28 nitrogen and oxygen atoms in total. The van der Waals surface area contributed by atoms with E-state index in [0.717, 1.165) is 30.4 Å². The van der Waals surface area contributed by atoms with E-state index in [0.29, 0.717) is 30.6 Å². The van der Waals surface area contributed by atoms with Crippen LogP contribution in [0.2, 0.25) is 0 Å². The molecule has 11 atom stereocenters. The lowest BCUT2D eigenvalue weighted by Crippen LogP contribution is -2.63. The average Bonchev–Trinajstić information content (AvgIpc) is 3.25. The number of benzene rings is 1. The van der Waals surface area contributed by atoms with Crippen LogP contribution in [0.4, 0.5) is 0 Å². The summed E-state index contributed by atoms with van der Waals surface area (Å²) in [4.78, 5) is 156. The number of fused-ring (bicyclic) bond motifs is 5. The molecular formula is C56H81N17O11S. The first-order valence-electron chi connectivity index (χ1n) is 29.4. The van der Waals surface area contributed by atoms with Crippen LogP contribution in [0.15, 0.2) is 51.8 Å². The van der Waals surface area contributed by atoms with Crippen molar-refractivity contribution in [2.75, 3.05) is 45.8 Å². The summed E-state index contributed by atoms with van der Waals surface area (Å²) in [5.41, 5.74) is 29.6. The maximum absolute atomic E-state index is 15.2. The third-order valence-electron chi connectivity index (χ3n) is 16.8. The second-order valence-electron chi connectivity index (χ2n) is 22.7. The van der Waals surface area contributed by atoms with Gasteiger partial charge in [-0.1, -0.05) is 43.2 Å². The number of guanidine groups is 2. The zero-order chi connectivity index (χ0) is 60.9. The van der Waals surface area contributed by atoms with Crippen molar-refractivity contribution in [3.05, 3.63) is 57.8 Å². The topological polar surface area (TPSA) is 431 Å². The van der Waals surface area contributed by atoms with E-state index in [1.165, 1.54) is 26.0 Å². The second kappa shape index (κ2) is 29.3. The number of hydrogen-bond donors (Lipinski definition) is 12. The molecule has 10 amide bonds. The lowest BCUT2D eigenvalue weighted by molar-refractivity contribution is -0.153. The summed E-state index contributed by atoms with van der Waals surface area (Å²) < 4.78 is 0. The predicted molar refractivity (Wildman–Crippen MR) is 312 cm³/mol. The molecule has 5 fully saturated rings. The fraction of sp³-hybridized carbons (Fsp3) is 0.607. The molecular weight excluding hydrogens is 1120 g/mol. The number of likely N-dealkylation sites (tertiary alicyclic amines) is 2. The number of nitrogens with one attached hydrogen (secondary N) is 6. The largest absolute Gasteiger partial charge is 0.391 e. The number of carbonyl (C=O) groups is 10. The number of rotatable bonds is 20. The molecule has 6 heterocycles. The van der Waals surface area contributed by atoms with Gasteiger partial charge in [0.2, 0.25) is 59.1 Å². The Bertz CT molecular complexity index is 2850. The van der Waals surface area contributed by atoms with Crippen LogP contribution in [-0.4, -0.2) is 202 Å². The van der Waals surface area contributed by atoms with Crippen molar-refractivity contribution >= 4 is 82.3 Å². The number of hydrogen-bond acceptors (Lipinski definition) is 15. The van der Waals surface area contributed by atoms with Gasteiger partial charge in [0.25, 0.3) is 0 Å². The molecule has 1 saturated carbocycles. The number of β-amino-alcohol motifs (C(OH)–C–C–N with tert-alkyl or cyclic N) is 1. The summed E-state index contributed by atoms with van der Waals surface area (Å²) in [7, 11) is 0. The van der Waals surface area contributed by atoms with Crippen molar-refractivity contribution in [3.63, 3.8) is 0 Å². The van der Waals surface area contributed by atoms with Gasteiger partial charge in [-0.2, -0.15) is 0 Å². The van der Waals surface area contributed by atoms with Crippen molar-refractivity contribution in [2.45, 2.75) is 163 Å². The number of amides is 10. The fourth-order valence-electron chi connectivity index (χ4n) is 12.6. The highest BCUT2D eigenvalue weighted by molar-refractivity contribution is 7.09. The highest BCUT2D eigenvalue weighted by atomic mass is 32.1. The Labute approximate surface area is 496 Å². The third kappa shape index (κ3) is 16.1. The molecule has 462 valence electrons. The summed E-state index contributed by atoms with van der Waals surface area (Å²) in [5.74, 6) is -6.26. The van der Waals surface area contributed by atoms with Gasteiger partial charge < -0.3 is 85.3 Å². The van der Waals surface area contributed by atoms with E-state index in [1.807, 2.05) is 24.3 Å². The Hall–Kier alpha value is -7.92. The number of thiophene rings is 1. The van der Waals surface area contributed by atoms with Crippen LogP contribution in [0.3, 0.4) is 0 Å². The number of aliphatic imine (C=N–C) groups is 2. The number of aliphatic hydroxyl groups excluding tert-OH is 1. The standard InChI is InChI=1S/C56H81N17O11S/c57-36(13-5-18-63-55(58)59)47(77)68-37(14-6-19-64-56(60)61)51(81)70-21-7-16-41(70)53(83)72-30-34(74)25-42(72)49(79)66-28-46(76)67-38(26-35-12-8-22-85-35)48(78)69-39-27-65-45(75)17-20-62-50(80)43-24-32-10-3-4-15-40(32)73(43)54(84)44-23-31-9-1-2-11-33(31)29-71(44)52(39)82/h1-2,8-9,11-12,22,32,34,36-44,74H,3-7,10,13-21,23-30,57H2,(H,62,80)(H,65,75)(H,66,79)(H,67,76)(H,68,77)(H,69,78)(H4,58,59,63)(H4,60,61,64)/t32?,34-,36-,37+,38+,39+,40?,41+,42+,43+,44-/m1/s1. The van der Waals surface area contributed by atoms with E-state index in [9.17, 15) is 43.5 Å². The highest BCUT2D eigenvalue weighted by Crippen LogP contribution is 2.41. The fourth-order valence-corrected chi connectivity index (χ4v) is 13.3. The maximum atomic E-state index is 15.2. The Morgan fingerprint density at radius 3 is 2.24 bits per heavy atom. The summed E-state index contributed by atoms with van der Waals surface area (Å²) in [6, 6.07) is 1.64. The molecule has 17 N–H and O–H groups in total. The molecule has 1 aromatic carbocycles. The van der Waals surface area contributed by atoms with Crippen molar-refractivity contribution in [3.8, 4) is 0 Å². The van der Waals surface area contributed by atoms with Crippen LogP contribution in [0.25, 0.3) is 0 Å². The van der Waals surface area contributed by atoms with Crippen molar-refractivity contribution in [1.82, 2.24) is 51.5 Å². The van der Waals surface area contributed by atoms with Gasteiger partial charge in [0.05, 0.1) is 18.7 Å². The number of carbonyl (C=O) groups excluding carboxylic acids is 10. The van der Waals surface area contributed by atoms with Gasteiger partial charge in [-0.25, -0.2) is 0 Å². The minimum Gasteiger partial charge on any atom is -0.391 e. The van der Waals surface area contributed by atoms with E-state index in [-0.39, 0.29) is 126 Å². The molecule has 8 rings (SSSR count). The first-order chi connectivity index (χ1) is 40.8. The number of nitrogens with two attached hydrogens (primary N) is 5. The van der Waals surface area contributed by atoms with Crippen LogP contribution < -0.4 is 60.6 Å². The van der Waals surface area contributed by atoms with E-state index in [2.05, 4.69) is 41.9 Å². The minimum atomic E-state index is -1.44. The lowest BCUT2D eigenvalue weighted by Gasteiger charge is -2.42. The molecule has 2 unspecified atom stereocenters. The van der Waals surface area contributed by atoms with Gasteiger partial charge in [-0.05, 0) is 86.3 Å². The van der Waals surface area contributed by atoms with Gasteiger partial charge >= 0.3 is 0 Å². The molecule has 85 heavy (non-hydrogen) atoms. The summed E-state index contributed by atoms with van der Waals surface area (Å²) >= 11 is 1.31. The Balaban J connectivity index is 0.946. The van der Waals surface area contributed by atoms with Gasteiger partial charge in [0.15, 0.2) is 11.9 Å². The predicted octanol–water partition coefficient (Wildman–Crippen LogP) is -4.00. The molecule has 2 aromatic rings. The summed E-state index contributed by atoms with van der Waals surface area (Å²) in [6.07, 6.45) is 4.08. The molecule has 0 spiro atoms. The summed E-state index contributed by atoms with van der Waals surface area (Å²) in [5, 5.41) is 29.0. The van der Waals surface area contributed by atoms with Gasteiger partial charge in [-0.15, -0.1) is 11.3 Å². The molecule has 6 aliphatic rings. The van der Waals surface area contributed by atoms with Gasteiger partial charge in [0, 0.05) is 82.4 Å². The first kappa shape index (κ1) is 63.1. The zero-order valence-corrected chi connectivity index (χ0v) is 48.5. The summed E-state index contributed by atoms with van der Waals surface area (Å²) in [6.45, 7) is -0.836. The lowest BCUT2D eigenvalue weighted by atomic mass is 9.84. The van der Waals surface area contributed by atoms with Crippen LogP contribution in [0.1, 0.15) is 99.5 Å². The zero-order valence-electron chi connectivity index (χ0n) is 47.7. The first-order valence-corrected chi connectivity index (χ1v) is 30.2. The van der Waals surface area contributed by atoms with Crippen LogP contribution in [-0.2, 0) is 67.3 Å². The maximum Gasteiger partial charge on any atom is 0.247 e. The van der Waals surface area contributed by atoms with Crippen LogP contribution >= 0.6 is 11.3 Å². The Morgan fingerprint density at radius 1 is 0.776 bits per heavy atom. The molecule has 1 aromatic heterocycles. The second-order valence-corrected chi connectivity index (χ2v) is 23.8. The normalized spacial score (nSPS) is 25.2. The molecule has 29 heteroatoms. The van der Waals surface area contributed by atoms with E-state index < -0.39 is 115 Å². The molecule has 4 saturated heterocycles. The monoisotopic (exact) mass is 1200 g/mol. The van der Waals surface area contributed by atoms with Gasteiger partial charge in [0.1, 0.15) is 42.3 Å². The SMILES string of the molecule is NC(N)=NCCC[C@@H](N)C(=O)N[C@@H](CCCN=C(N)N)C(=O)N1CCC[C@H]1C(=O)N1C[C@H](O)C[C@H]1C(=O)NCC(=O)N[C@@H](Cc1cccs1)C(=O)N[C@H]1CNC(=O)CCNC(=O)[C@@H]2CC3CCCCC3N2C(=O)[C@H]2Cc3ccccc3CN2C1=O. The number of aliphatic hydroxyl groups is 1. The van der Waals surface area contributed by atoms with E-state index in [4.69, 9.17) is 28.7 Å². The molecule has 0 bridgehead atoms. The van der Waals surface area contributed by atoms with Gasteiger partial charge in [-0.3, -0.25) is 57.9 Å². The van der Waals surface area contributed by atoms with E-state index >= 15 is 9.59 Å².